The summed E-state index contributed by atoms with van der Waals surface area (Å²) in [4.78, 5) is 22.6. The molecule has 0 bridgehead atoms. The molecule has 3 heterocycles. The number of fused-ring (bicyclic) bond motifs is 2. The first-order valence-corrected chi connectivity index (χ1v) is 10.7. The smallest absolute Gasteiger partial charge is 0.437 e. The first kappa shape index (κ1) is 21.3. The van der Waals surface area contributed by atoms with Gasteiger partial charge < -0.3 is 19.7 Å². The van der Waals surface area contributed by atoms with E-state index in [1.807, 2.05) is 0 Å². The van der Waals surface area contributed by atoms with Crippen LogP contribution in [0.2, 0.25) is 0 Å². The van der Waals surface area contributed by atoms with Crippen molar-refractivity contribution in [2.45, 2.75) is 19.0 Å². The number of alkyl halides is 3. The van der Waals surface area contributed by atoms with E-state index in [4.69, 9.17) is 9.47 Å². The van der Waals surface area contributed by atoms with Gasteiger partial charge in [0.2, 0.25) is 5.91 Å². The minimum absolute atomic E-state index is 0.118. The van der Waals surface area contributed by atoms with Crippen LogP contribution in [0.25, 0.3) is 11.0 Å². The number of hydrogen-bond donors (Lipinski definition) is 1. The molecule has 0 saturated carbocycles. The van der Waals surface area contributed by atoms with Crippen LogP contribution < -0.4 is 19.7 Å². The molecule has 1 fully saturated rings. The van der Waals surface area contributed by atoms with Crippen LogP contribution in [0.5, 0.6) is 11.5 Å². The number of ether oxygens (including phenoxy) is 2. The molecule has 33 heavy (non-hydrogen) atoms. The van der Waals surface area contributed by atoms with Gasteiger partial charge in [0, 0.05) is 24.8 Å². The highest BCUT2D eigenvalue weighted by molar-refractivity contribution is 5.93. The Balaban J connectivity index is 1.37. The number of rotatable bonds is 3. The van der Waals surface area contributed by atoms with E-state index in [-0.39, 0.29) is 23.8 Å². The Hall–Kier alpha value is -3.56. The third-order valence-electron chi connectivity index (χ3n) is 5.72. The Morgan fingerprint density at radius 2 is 1.76 bits per heavy atom. The van der Waals surface area contributed by atoms with Gasteiger partial charge in [-0.1, -0.05) is 12.1 Å². The van der Waals surface area contributed by atoms with Gasteiger partial charge in [-0.15, -0.1) is 0 Å². The van der Waals surface area contributed by atoms with Crippen LogP contribution in [-0.4, -0.2) is 42.2 Å². The van der Waals surface area contributed by atoms with Gasteiger partial charge in [-0.25, -0.2) is 9.97 Å². The summed E-state index contributed by atoms with van der Waals surface area (Å²) < 4.78 is 52.4. The highest BCUT2D eigenvalue weighted by atomic mass is 19.4. The number of amides is 1. The molecule has 1 aromatic heterocycles. The van der Waals surface area contributed by atoms with Crippen molar-refractivity contribution in [3.63, 3.8) is 0 Å². The molecule has 7 nitrogen and oxygen atoms in total. The highest BCUT2D eigenvalue weighted by Gasteiger charge is 2.40. The number of piperidine rings is 1. The van der Waals surface area contributed by atoms with Crippen molar-refractivity contribution in [2.75, 3.05) is 36.5 Å². The molecule has 1 amide bonds. The molecule has 1 atom stereocenters. The van der Waals surface area contributed by atoms with Crippen LogP contribution in [0.1, 0.15) is 18.5 Å². The Morgan fingerprint density at radius 1 is 1.03 bits per heavy atom. The van der Waals surface area contributed by atoms with E-state index >= 15 is 0 Å². The molecule has 0 aliphatic carbocycles. The molecule has 10 heteroatoms. The lowest BCUT2D eigenvalue weighted by molar-refractivity contribution is -0.140. The molecule has 2 aliphatic rings. The van der Waals surface area contributed by atoms with Crippen LogP contribution in [0.4, 0.5) is 24.7 Å². The number of anilines is 2. The Kier molecular flexibility index (Phi) is 5.43. The maximum Gasteiger partial charge on any atom is 0.437 e. The molecule has 0 radical (unpaired) electrons. The topological polar surface area (TPSA) is 76.6 Å². The average molecular weight is 458 g/mol. The third-order valence-corrected chi connectivity index (χ3v) is 5.72. The third kappa shape index (κ3) is 4.37. The molecule has 2 aromatic carbocycles. The molecular weight excluding hydrogens is 437 g/mol. The fraction of sp³-hybridized carbons (Fsp3) is 0.348. The number of nitrogens with zero attached hydrogens (tertiary/aromatic N) is 3. The number of aromatic nitrogens is 2. The largest absolute Gasteiger partial charge is 0.486 e. The number of hydrogen-bond acceptors (Lipinski definition) is 6. The van der Waals surface area contributed by atoms with Crippen molar-refractivity contribution in [1.29, 1.82) is 0 Å². The van der Waals surface area contributed by atoms with Crippen LogP contribution >= 0.6 is 0 Å². The summed E-state index contributed by atoms with van der Waals surface area (Å²) in [6, 6.07) is 11.6. The maximum absolute atomic E-state index is 13.8. The first-order valence-electron chi connectivity index (χ1n) is 10.7. The van der Waals surface area contributed by atoms with Crippen molar-refractivity contribution in [1.82, 2.24) is 9.97 Å². The molecule has 2 aliphatic heterocycles. The van der Waals surface area contributed by atoms with Gasteiger partial charge in [0.15, 0.2) is 23.0 Å². The second kappa shape index (κ2) is 8.42. The minimum Gasteiger partial charge on any atom is -0.486 e. The van der Waals surface area contributed by atoms with Crippen molar-refractivity contribution in [2.24, 2.45) is 5.92 Å². The standard InChI is InChI=1S/C23H21F3N4O3/c24-23(25,26)20-21(29-17-6-2-1-5-16(17)28-20)30-9-3-4-14(13-30)22(31)27-15-7-8-18-19(12-15)33-11-10-32-18/h1-2,5-8,12,14H,3-4,9-11,13H2,(H,27,31). The van der Waals surface area contributed by atoms with E-state index in [1.165, 1.54) is 11.0 Å². The van der Waals surface area contributed by atoms with Gasteiger partial charge in [-0.3, -0.25) is 4.79 Å². The monoisotopic (exact) mass is 458 g/mol. The predicted octanol–water partition coefficient (Wildman–Crippen LogP) is 4.27. The van der Waals surface area contributed by atoms with Gasteiger partial charge in [0.1, 0.15) is 13.2 Å². The number of para-hydroxylation sites is 2. The molecule has 1 unspecified atom stereocenters. The SMILES string of the molecule is O=C(Nc1ccc2c(c1)OCCO2)C1CCCN(c2nc3ccccc3nc2C(F)(F)F)C1. The number of carbonyl (C=O) groups is 1. The van der Waals surface area contributed by atoms with Crippen LogP contribution in [0.3, 0.4) is 0 Å². The summed E-state index contributed by atoms with van der Waals surface area (Å²) in [5.41, 5.74) is 0.0683. The summed E-state index contributed by atoms with van der Waals surface area (Å²) in [7, 11) is 0. The quantitative estimate of drug-likeness (QED) is 0.632. The van der Waals surface area contributed by atoms with Crippen LogP contribution in [0.15, 0.2) is 42.5 Å². The Morgan fingerprint density at radius 3 is 2.52 bits per heavy atom. The van der Waals surface area contributed by atoms with E-state index < -0.39 is 17.8 Å². The van der Waals surface area contributed by atoms with E-state index in [1.54, 1.807) is 36.4 Å². The highest BCUT2D eigenvalue weighted by Crippen LogP contribution is 2.37. The zero-order valence-electron chi connectivity index (χ0n) is 17.6. The summed E-state index contributed by atoms with van der Waals surface area (Å²) >= 11 is 0. The van der Waals surface area contributed by atoms with Crippen molar-refractivity contribution >= 4 is 28.4 Å². The molecule has 172 valence electrons. The predicted molar refractivity (Wildman–Crippen MR) is 116 cm³/mol. The van der Waals surface area contributed by atoms with Gasteiger partial charge >= 0.3 is 6.18 Å². The van der Waals surface area contributed by atoms with Crippen molar-refractivity contribution < 1.29 is 27.4 Å². The summed E-state index contributed by atoms with van der Waals surface area (Å²) in [5.74, 6) is 0.154. The van der Waals surface area contributed by atoms with E-state index in [0.717, 1.165) is 0 Å². The number of halogens is 3. The molecular formula is C23H21F3N4O3. The molecule has 5 rings (SSSR count). The molecule has 0 spiro atoms. The lowest BCUT2D eigenvalue weighted by atomic mass is 9.96. The van der Waals surface area contributed by atoms with Crippen molar-refractivity contribution in [3.05, 3.63) is 48.2 Å². The number of carbonyl (C=O) groups excluding carboxylic acids is 1. The second-order valence-electron chi connectivity index (χ2n) is 8.02. The second-order valence-corrected chi connectivity index (χ2v) is 8.02. The minimum atomic E-state index is -4.66. The zero-order chi connectivity index (χ0) is 23.0. The lowest BCUT2D eigenvalue weighted by Crippen LogP contribution is -2.42. The summed E-state index contributed by atoms with van der Waals surface area (Å²) in [5, 5.41) is 2.85. The van der Waals surface area contributed by atoms with Crippen LogP contribution in [-0.2, 0) is 11.0 Å². The summed E-state index contributed by atoms with van der Waals surface area (Å²) in [6.07, 6.45) is -3.53. The molecule has 3 aromatic rings. The van der Waals surface area contributed by atoms with Gasteiger partial charge in [-0.05, 0) is 37.1 Å². The van der Waals surface area contributed by atoms with Gasteiger partial charge in [-0.2, -0.15) is 13.2 Å². The van der Waals surface area contributed by atoms with Crippen molar-refractivity contribution in [3.8, 4) is 11.5 Å². The summed E-state index contributed by atoms with van der Waals surface area (Å²) in [6.45, 7) is 1.38. The first-order chi connectivity index (χ1) is 15.9. The van der Waals surface area contributed by atoms with E-state index in [9.17, 15) is 18.0 Å². The number of nitrogens with one attached hydrogen (secondary N) is 1. The van der Waals surface area contributed by atoms with E-state index in [2.05, 4.69) is 15.3 Å². The Labute approximate surface area is 187 Å². The molecule has 1 saturated heterocycles. The lowest BCUT2D eigenvalue weighted by Gasteiger charge is -2.34. The maximum atomic E-state index is 13.8. The van der Waals surface area contributed by atoms with Gasteiger partial charge in [0.25, 0.3) is 0 Å². The zero-order valence-corrected chi connectivity index (χ0v) is 17.6. The fourth-order valence-electron chi connectivity index (χ4n) is 4.15. The van der Waals surface area contributed by atoms with Crippen LogP contribution in [0, 0.1) is 5.92 Å². The average Bonchev–Trinajstić information content (AvgIpc) is 2.82. The fourth-order valence-corrected chi connectivity index (χ4v) is 4.15. The molecule has 1 N–H and O–H groups in total. The van der Waals surface area contributed by atoms with Gasteiger partial charge in [0.05, 0.1) is 17.0 Å². The normalized spacial score (nSPS) is 18.3. The van der Waals surface area contributed by atoms with E-state index in [0.29, 0.717) is 55.3 Å². The Bertz CT molecular complexity index is 1200. The number of benzene rings is 2.